The molecule has 6 nitrogen and oxygen atoms in total. The van der Waals surface area contributed by atoms with Gasteiger partial charge in [-0.3, -0.25) is 0 Å². The third-order valence-corrected chi connectivity index (χ3v) is 2.24. The second-order valence-corrected chi connectivity index (χ2v) is 5.32. The fraction of sp³-hybridized carbons (Fsp3) is 0.500. The molecule has 108 valence electrons. The Balaban J connectivity index is 2.40. The Morgan fingerprint density at radius 2 is 2.10 bits per heavy atom. The third kappa shape index (κ3) is 5.57. The van der Waals surface area contributed by atoms with E-state index in [1.54, 1.807) is 32.9 Å². The molecule has 1 heterocycles. The number of anilines is 1. The normalized spacial score (nSPS) is 10.6. The Labute approximate surface area is 119 Å². The van der Waals surface area contributed by atoms with Gasteiger partial charge in [0, 0.05) is 18.8 Å². The zero-order chi connectivity index (χ0) is 15.2. The maximum Gasteiger partial charge on any atom is 0.407 e. The molecule has 0 fully saturated rings. The van der Waals surface area contributed by atoms with Crippen LogP contribution < -0.4 is 10.6 Å². The number of aromatic nitrogens is 1. The van der Waals surface area contributed by atoms with Crippen molar-refractivity contribution < 1.29 is 9.53 Å². The van der Waals surface area contributed by atoms with Crippen LogP contribution in [0.2, 0.25) is 0 Å². The summed E-state index contributed by atoms with van der Waals surface area (Å²) in [5.41, 5.74) is 0.795. The summed E-state index contributed by atoms with van der Waals surface area (Å²) >= 11 is 0. The SMILES string of the molecule is Cc1ccc(C#N)c(NCCNC(=O)OC(C)(C)C)n1. The Hall–Kier alpha value is -2.29. The highest BCUT2D eigenvalue weighted by molar-refractivity contribution is 5.67. The number of pyridine rings is 1. The summed E-state index contributed by atoms with van der Waals surface area (Å²) in [4.78, 5) is 15.7. The lowest BCUT2D eigenvalue weighted by Gasteiger charge is -2.19. The zero-order valence-corrected chi connectivity index (χ0v) is 12.3. The van der Waals surface area contributed by atoms with Crippen molar-refractivity contribution in [1.82, 2.24) is 10.3 Å². The van der Waals surface area contributed by atoms with E-state index in [0.717, 1.165) is 5.69 Å². The Bertz CT molecular complexity index is 515. The van der Waals surface area contributed by atoms with Crippen molar-refractivity contribution in [3.05, 3.63) is 23.4 Å². The Kier molecular flexibility index (Phi) is 5.32. The minimum Gasteiger partial charge on any atom is -0.444 e. The van der Waals surface area contributed by atoms with Gasteiger partial charge < -0.3 is 15.4 Å². The molecule has 20 heavy (non-hydrogen) atoms. The molecule has 0 unspecified atom stereocenters. The van der Waals surface area contributed by atoms with Crippen LogP contribution in [0, 0.1) is 18.3 Å². The number of nitriles is 1. The molecule has 0 radical (unpaired) electrons. The van der Waals surface area contributed by atoms with Crippen molar-refractivity contribution in [3.63, 3.8) is 0 Å². The summed E-state index contributed by atoms with van der Waals surface area (Å²) < 4.78 is 5.11. The number of hydrogen-bond donors (Lipinski definition) is 2. The quantitative estimate of drug-likeness (QED) is 0.823. The number of alkyl carbamates (subject to hydrolysis) is 1. The van der Waals surface area contributed by atoms with Crippen molar-refractivity contribution in [2.75, 3.05) is 18.4 Å². The van der Waals surface area contributed by atoms with E-state index >= 15 is 0 Å². The lowest BCUT2D eigenvalue weighted by atomic mass is 10.2. The van der Waals surface area contributed by atoms with E-state index in [1.165, 1.54) is 0 Å². The van der Waals surface area contributed by atoms with Gasteiger partial charge in [-0.2, -0.15) is 5.26 Å². The highest BCUT2D eigenvalue weighted by Crippen LogP contribution is 2.11. The topological polar surface area (TPSA) is 87.0 Å². The van der Waals surface area contributed by atoms with Gasteiger partial charge in [0.15, 0.2) is 0 Å². The molecular weight excluding hydrogens is 256 g/mol. The van der Waals surface area contributed by atoms with Crippen LogP contribution in [0.25, 0.3) is 0 Å². The molecule has 0 aliphatic heterocycles. The molecule has 1 rings (SSSR count). The third-order valence-electron chi connectivity index (χ3n) is 2.24. The van der Waals surface area contributed by atoms with Gasteiger partial charge in [0.05, 0.1) is 5.56 Å². The molecule has 1 amide bonds. The van der Waals surface area contributed by atoms with Gasteiger partial charge in [0.2, 0.25) is 0 Å². The molecule has 0 atom stereocenters. The predicted octanol–water partition coefficient (Wildman–Crippen LogP) is 2.20. The maximum absolute atomic E-state index is 11.4. The van der Waals surface area contributed by atoms with Gasteiger partial charge in [-0.05, 0) is 39.8 Å². The molecule has 0 aliphatic carbocycles. The van der Waals surface area contributed by atoms with Gasteiger partial charge in [-0.1, -0.05) is 0 Å². The van der Waals surface area contributed by atoms with E-state index < -0.39 is 11.7 Å². The number of ether oxygens (including phenoxy) is 1. The fourth-order valence-corrected chi connectivity index (χ4v) is 1.44. The monoisotopic (exact) mass is 276 g/mol. The van der Waals surface area contributed by atoms with Gasteiger partial charge in [0.25, 0.3) is 0 Å². The van der Waals surface area contributed by atoms with Crippen molar-refractivity contribution in [2.24, 2.45) is 0 Å². The summed E-state index contributed by atoms with van der Waals surface area (Å²) in [6.45, 7) is 8.12. The molecule has 0 aliphatic rings. The van der Waals surface area contributed by atoms with Crippen molar-refractivity contribution in [3.8, 4) is 6.07 Å². The van der Waals surface area contributed by atoms with Crippen LogP contribution in [0.1, 0.15) is 32.0 Å². The van der Waals surface area contributed by atoms with Gasteiger partial charge in [-0.25, -0.2) is 9.78 Å². The number of hydrogen-bond acceptors (Lipinski definition) is 5. The molecule has 1 aromatic heterocycles. The Morgan fingerprint density at radius 1 is 1.40 bits per heavy atom. The molecule has 6 heteroatoms. The molecule has 2 N–H and O–H groups in total. The van der Waals surface area contributed by atoms with E-state index in [4.69, 9.17) is 10.00 Å². The first-order valence-electron chi connectivity index (χ1n) is 6.40. The van der Waals surface area contributed by atoms with Gasteiger partial charge in [0.1, 0.15) is 17.5 Å². The number of amides is 1. The number of nitrogens with zero attached hydrogens (tertiary/aromatic N) is 2. The molecule has 0 saturated carbocycles. The molecule has 0 saturated heterocycles. The highest BCUT2D eigenvalue weighted by Gasteiger charge is 2.15. The van der Waals surface area contributed by atoms with Crippen molar-refractivity contribution in [1.29, 1.82) is 5.26 Å². The van der Waals surface area contributed by atoms with E-state index in [2.05, 4.69) is 21.7 Å². The van der Waals surface area contributed by atoms with Crippen LogP contribution in [0.4, 0.5) is 10.6 Å². The summed E-state index contributed by atoms with van der Waals surface area (Å²) in [6.07, 6.45) is -0.461. The lowest BCUT2D eigenvalue weighted by molar-refractivity contribution is 0.0530. The average molecular weight is 276 g/mol. The Morgan fingerprint density at radius 3 is 2.70 bits per heavy atom. The number of rotatable bonds is 4. The minimum absolute atomic E-state index is 0.384. The first-order valence-corrected chi connectivity index (χ1v) is 6.40. The summed E-state index contributed by atoms with van der Waals surface area (Å²) in [5, 5.41) is 14.6. The summed E-state index contributed by atoms with van der Waals surface area (Å²) in [5.74, 6) is 0.526. The van der Waals surface area contributed by atoms with Crippen LogP contribution >= 0.6 is 0 Å². The fourth-order valence-electron chi connectivity index (χ4n) is 1.44. The lowest BCUT2D eigenvalue weighted by Crippen LogP contribution is -2.35. The van der Waals surface area contributed by atoms with Gasteiger partial charge >= 0.3 is 6.09 Å². The summed E-state index contributed by atoms with van der Waals surface area (Å²) in [6, 6.07) is 5.56. The van der Waals surface area contributed by atoms with E-state index in [-0.39, 0.29) is 0 Å². The number of carbonyl (C=O) groups is 1. The minimum atomic E-state index is -0.510. The summed E-state index contributed by atoms with van der Waals surface area (Å²) in [7, 11) is 0. The van der Waals surface area contributed by atoms with E-state index in [0.29, 0.717) is 24.5 Å². The number of nitrogens with one attached hydrogen (secondary N) is 2. The van der Waals surface area contributed by atoms with Crippen LogP contribution in [-0.2, 0) is 4.74 Å². The maximum atomic E-state index is 11.4. The standard InChI is InChI=1S/C14H20N4O2/c1-10-5-6-11(9-15)12(18-10)16-7-8-17-13(19)20-14(2,3)4/h5-6H,7-8H2,1-4H3,(H,16,18)(H,17,19). The smallest absolute Gasteiger partial charge is 0.407 e. The van der Waals surface area contributed by atoms with Crippen LogP contribution in [0.15, 0.2) is 12.1 Å². The average Bonchev–Trinajstić information content (AvgIpc) is 2.33. The first-order chi connectivity index (χ1) is 9.31. The van der Waals surface area contributed by atoms with Crippen LogP contribution in [-0.4, -0.2) is 29.8 Å². The molecule has 1 aromatic rings. The molecular formula is C14H20N4O2. The highest BCUT2D eigenvalue weighted by atomic mass is 16.6. The van der Waals surface area contributed by atoms with Crippen molar-refractivity contribution >= 4 is 11.9 Å². The first kappa shape index (κ1) is 15.8. The second kappa shape index (κ2) is 6.75. The largest absolute Gasteiger partial charge is 0.444 e. The molecule has 0 aromatic carbocycles. The van der Waals surface area contributed by atoms with Gasteiger partial charge in [-0.15, -0.1) is 0 Å². The van der Waals surface area contributed by atoms with Crippen LogP contribution in [0.5, 0.6) is 0 Å². The predicted molar refractivity (Wildman–Crippen MR) is 76.4 cm³/mol. The van der Waals surface area contributed by atoms with Crippen molar-refractivity contribution in [2.45, 2.75) is 33.3 Å². The molecule has 0 spiro atoms. The molecule has 0 bridgehead atoms. The number of carbonyl (C=O) groups excluding carboxylic acids is 1. The van der Waals surface area contributed by atoms with E-state index in [1.807, 2.05) is 6.92 Å². The zero-order valence-electron chi connectivity index (χ0n) is 12.3. The second-order valence-electron chi connectivity index (χ2n) is 5.32. The number of aryl methyl sites for hydroxylation is 1. The van der Waals surface area contributed by atoms with Crippen LogP contribution in [0.3, 0.4) is 0 Å². The van der Waals surface area contributed by atoms with E-state index in [9.17, 15) is 4.79 Å².